The van der Waals surface area contributed by atoms with Crippen LogP contribution in [-0.2, 0) is 5.41 Å². The van der Waals surface area contributed by atoms with Crippen molar-refractivity contribution in [2.75, 3.05) is 19.8 Å². The predicted molar refractivity (Wildman–Crippen MR) is 60.0 cm³/mol. The van der Waals surface area contributed by atoms with Crippen molar-refractivity contribution in [2.45, 2.75) is 18.8 Å². The van der Waals surface area contributed by atoms with Gasteiger partial charge in [-0.2, -0.15) is 0 Å². The Labute approximate surface area is 95.0 Å². The van der Waals surface area contributed by atoms with Crippen molar-refractivity contribution in [3.63, 3.8) is 0 Å². The summed E-state index contributed by atoms with van der Waals surface area (Å²) in [5.41, 5.74) is 1.38. The minimum atomic E-state index is 0.130. The molecule has 0 radical (unpaired) electrons. The predicted octanol–water partition coefficient (Wildman–Crippen LogP) is 1.73. The molecule has 1 N–H and O–H groups in total. The van der Waals surface area contributed by atoms with Gasteiger partial charge < -0.3 is 14.6 Å². The molecular weight excluding hydrogens is 204 g/mol. The minimum Gasteiger partial charge on any atom is -0.486 e. The molecule has 2 unspecified atom stereocenters. The monoisotopic (exact) mass is 220 g/mol. The lowest BCUT2D eigenvalue weighted by molar-refractivity contribution is 0.171. The number of aliphatic hydroxyl groups excluding tert-OH is 1. The molecule has 0 amide bonds. The minimum absolute atomic E-state index is 0.130. The maximum atomic E-state index is 9.19. The number of aliphatic hydroxyl groups is 1. The number of hydrogen-bond donors (Lipinski definition) is 1. The van der Waals surface area contributed by atoms with Crippen LogP contribution in [0.3, 0.4) is 0 Å². The molecule has 1 aliphatic heterocycles. The van der Waals surface area contributed by atoms with E-state index in [2.05, 4.69) is 19.1 Å². The molecule has 2 aliphatic rings. The molecule has 3 rings (SSSR count). The van der Waals surface area contributed by atoms with Crippen molar-refractivity contribution in [3.8, 4) is 11.5 Å². The van der Waals surface area contributed by atoms with E-state index in [0.717, 1.165) is 17.9 Å². The fourth-order valence-corrected chi connectivity index (χ4v) is 2.47. The quantitative estimate of drug-likeness (QED) is 0.825. The second-order valence-electron chi connectivity index (χ2n) is 4.86. The van der Waals surface area contributed by atoms with Crippen LogP contribution in [0.5, 0.6) is 11.5 Å². The molecule has 0 aromatic heterocycles. The Morgan fingerprint density at radius 2 is 2.06 bits per heavy atom. The first-order valence-corrected chi connectivity index (χ1v) is 5.75. The Balaban J connectivity index is 1.92. The molecule has 3 nitrogen and oxygen atoms in total. The molecule has 0 spiro atoms. The molecule has 86 valence electrons. The smallest absolute Gasteiger partial charge is 0.161 e. The van der Waals surface area contributed by atoms with Gasteiger partial charge in [0.25, 0.3) is 0 Å². The van der Waals surface area contributed by atoms with Crippen LogP contribution in [0.15, 0.2) is 18.2 Å². The first-order chi connectivity index (χ1) is 7.74. The van der Waals surface area contributed by atoms with Gasteiger partial charge in [0, 0.05) is 6.61 Å². The Bertz CT molecular complexity index is 416. The number of hydrogen-bond acceptors (Lipinski definition) is 3. The van der Waals surface area contributed by atoms with Crippen LogP contribution in [0, 0.1) is 5.92 Å². The first kappa shape index (κ1) is 9.97. The van der Waals surface area contributed by atoms with Crippen molar-refractivity contribution in [1.29, 1.82) is 0 Å². The van der Waals surface area contributed by atoms with Gasteiger partial charge in [-0.25, -0.2) is 0 Å². The SMILES string of the molecule is CC1(c2ccc3c(c2)OCCO3)CC1CO. The lowest BCUT2D eigenvalue weighted by Crippen LogP contribution is -2.16. The number of benzene rings is 1. The van der Waals surface area contributed by atoms with Gasteiger partial charge in [0.2, 0.25) is 0 Å². The van der Waals surface area contributed by atoms with E-state index in [0.29, 0.717) is 19.1 Å². The molecule has 3 heteroatoms. The van der Waals surface area contributed by atoms with E-state index in [-0.39, 0.29) is 12.0 Å². The third-order valence-corrected chi connectivity index (χ3v) is 3.83. The zero-order valence-electron chi connectivity index (χ0n) is 9.40. The molecule has 1 aliphatic carbocycles. The van der Waals surface area contributed by atoms with Crippen molar-refractivity contribution < 1.29 is 14.6 Å². The van der Waals surface area contributed by atoms with E-state index in [1.54, 1.807) is 0 Å². The summed E-state index contributed by atoms with van der Waals surface area (Å²) in [4.78, 5) is 0. The second kappa shape index (κ2) is 3.39. The van der Waals surface area contributed by atoms with Crippen molar-refractivity contribution in [2.24, 2.45) is 5.92 Å². The summed E-state index contributed by atoms with van der Waals surface area (Å²) in [6.07, 6.45) is 1.06. The third-order valence-electron chi connectivity index (χ3n) is 3.83. The summed E-state index contributed by atoms with van der Waals surface area (Å²) in [6.45, 7) is 3.71. The maximum Gasteiger partial charge on any atom is 0.161 e. The van der Waals surface area contributed by atoms with E-state index in [1.807, 2.05) is 6.07 Å². The van der Waals surface area contributed by atoms with E-state index in [4.69, 9.17) is 9.47 Å². The molecule has 0 bridgehead atoms. The van der Waals surface area contributed by atoms with Crippen LogP contribution in [-0.4, -0.2) is 24.9 Å². The zero-order chi connectivity index (χ0) is 11.2. The molecular formula is C13H16O3. The summed E-state index contributed by atoms with van der Waals surface area (Å²) in [5, 5.41) is 9.19. The van der Waals surface area contributed by atoms with Crippen LogP contribution < -0.4 is 9.47 Å². The van der Waals surface area contributed by atoms with Gasteiger partial charge in [-0.05, 0) is 35.4 Å². The van der Waals surface area contributed by atoms with E-state index < -0.39 is 0 Å². The lowest BCUT2D eigenvalue weighted by Gasteiger charge is -2.20. The molecule has 16 heavy (non-hydrogen) atoms. The zero-order valence-corrected chi connectivity index (χ0v) is 9.40. The van der Waals surface area contributed by atoms with Crippen LogP contribution in [0.25, 0.3) is 0 Å². The average Bonchev–Trinajstić information content (AvgIpc) is 3.01. The molecule has 1 aromatic rings. The second-order valence-corrected chi connectivity index (χ2v) is 4.86. The molecule has 1 heterocycles. The van der Waals surface area contributed by atoms with Gasteiger partial charge in [0.1, 0.15) is 13.2 Å². The fraction of sp³-hybridized carbons (Fsp3) is 0.538. The van der Waals surface area contributed by atoms with Gasteiger partial charge in [-0.15, -0.1) is 0 Å². The third kappa shape index (κ3) is 1.39. The van der Waals surface area contributed by atoms with E-state index >= 15 is 0 Å². The van der Waals surface area contributed by atoms with E-state index in [9.17, 15) is 5.11 Å². The Morgan fingerprint density at radius 3 is 2.75 bits per heavy atom. The largest absolute Gasteiger partial charge is 0.486 e. The van der Waals surface area contributed by atoms with Gasteiger partial charge in [0.15, 0.2) is 11.5 Å². The number of fused-ring (bicyclic) bond motifs is 1. The Morgan fingerprint density at radius 1 is 1.31 bits per heavy atom. The van der Waals surface area contributed by atoms with Gasteiger partial charge in [0.05, 0.1) is 0 Å². The van der Waals surface area contributed by atoms with Crippen molar-refractivity contribution in [1.82, 2.24) is 0 Å². The number of rotatable bonds is 2. The Kier molecular flexibility index (Phi) is 2.11. The average molecular weight is 220 g/mol. The summed E-state index contributed by atoms with van der Waals surface area (Å²) in [6, 6.07) is 6.12. The molecule has 1 saturated carbocycles. The van der Waals surface area contributed by atoms with Gasteiger partial charge in [-0.3, -0.25) is 0 Å². The summed E-state index contributed by atoms with van der Waals surface area (Å²) in [5.74, 6) is 2.07. The first-order valence-electron chi connectivity index (χ1n) is 5.75. The highest BCUT2D eigenvalue weighted by molar-refractivity contribution is 5.47. The lowest BCUT2D eigenvalue weighted by atomic mass is 9.95. The van der Waals surface area contributed by atoms with Crippen LogP contribution in [0.1, 0.15) is 18.9 Å². The summed E-state index contributed by atoms with van der Waals surface area (Å²) < 4.78 is 11.1. The summed E-state index contributed by atoms with van der Waals surface area (Å²) in [7, 11) is 0. The van der Waals surface area contributed by atoms with Crippen molar-refractivity contribution >= 4 is 0 Å². The molecule has 2 atom stereocenters. The van der Waals surface area contributed by atoms with E-state index in [1.165, 1.54) is 5.56 Å². The Hall–Kier alpha value is -1.22. The van der Waals surface area contributed by atoms with Crippen molar-refractivity contribution in [3.05, 3.63) is 23.8 Å². The summed E-state index contributed by atoms with van der Waals surface area (Å²) >= 11 is 0. The highest BCUT2D eigenvalue weighted by Crippen LogP contribution is 2.54. The normalized spacial score (nSPS) is 31.2. The van der Waals surface area contributed by atoms with Crippen LogP contribution >= 0.6 is 0 Å². The highest BCUT2D eigenvalue weighted by Gasteiger charge is 2.50. The maximum absolute atomic E-state index is 9.19. The van der Waals surface area contributed by atoms with Crippen LogP contribution in [0.2, 0.25) is 0 Å². The van der Waals surface area contributed by atoms with Gasteiger partial charge >= 0.3 is 0 Å². The van der Waals surface area contributed by atoms with Crippen LogP contribution in [0.4, 0.5) is 0 Å². The highest BCUT2D eigenvalue weighted by atomic mass is 16.6. The topological polar surface area (TPSA) is 38.7 Å². The van der Waals surface area contributed by atoms with Gasteiger partial charge in [-0.1, -0.05) is 13.0 Å². The molecule has 0 saturated heterocycles. The standard InChI is InChI=1S/C13H16O3/c1-13(7-10(13)8-14)9-2-3-11-12(6-9)16-5-4-15-11/h2-3,6,10,14H,4-5,7-8H2,1H3. The number of ether oxygens (including phenoxy) is 2. The molecule has 1 aromatic carbocycles. The fourth-order valence-electron chi connectivity index (χ4n) is 2.47. The molecule has 1 fully saturated rings.